The average Bonchev–Trinajstić information content (AvgIpc) is 2.68. The maximum absolute atomic E-state index is 12.3. The van der Waals surface area contributed by atoms with Crippen LogP contribution in [0, 0.1) is 5.92 Å². The van der Waals surface area contributed by atoms with Crippen LogP contribution in [-0.4, -0.2) is 55.5 Å². The molecule has 2 rings (SSSR count). The number of ether oxygens (including phenoxy) is 1. The minimum Gasteiger partial charge on any atom is -0.453 e. The molecule has 0 spiro atoms. The number of rotatable bonds is 7. The van der Waals surface area contributed by atoms with Crippen molar-refractivity contribution in [1.29, 1.82) is 0 Å². The summed E-state index contributed by atoms with van der Waals surface area (Å²) in [7, 11) is 4.94. The first-order valence-electron chi connectivity index (χ1n) is 9.74. The Morgan fingerprint density at radius 1 is 1.17 bits per heavy atom. The van der Waals surface area contributed by atoms with E-state index in [1.165, 1.54) is 39.2 Å². The maximum Gasteiger partial charge on any atom is 0.413 e. The van der Waals surface area contributed by atoms with Crippen LogP contribution in [0.1, 0.15) is 32.1 Å². The lowest BCUT2D eigenvalue weighted by Crippen LogP contribution is -2.34. The molecule has 9 heteroatoms. The molecule has 0 aromatic heterocycles. The minimum atomic E-state index is -0.652. The normalized spacial score (nSPS) is 14.3. The van der Waals surface area contributed by atoms with E-state index < -0.39 is 6.09 Å². The zero-order valence-electron chi connectivity index (χ0n) is 17.2. The van der Waals surface area contributed by atoms with E-state index in [2.05, 4.69) is 20.7 Å². The van der Waals surface area contributed by atoms with Gasteiger partial charge in [0.15, 0.2) is 5.11 Å². The summed E-state index contributed by atoms with van der Waals surface area (Å²) in [5.41, 5.74) is 1.24. The third kappa shape index (κ3) is 8.59. The number of nitrogens with one attached hydrogen (secondary N) is 3. The number of hydrogen-bond donors (Lipinski definition) is 3. The van der Waals surface area contributed by atoms with Crippen molar-refractivity contribution in [3.63, 3.8) is 0 Å². The van der Waals surface area contributed by atoms with Gasteiger partial charge in [-0.1, -0.05) is 19.3 Å². The molecule has 0 atom stereocenters. The highest BCUT2D eigenvalue weighted by Crippen LogP contribution is 2.33. The van der Waals surface area contributed by atoms with E-state index in [1.807, 2.05) is 44.1 Å². The molecular formula is C20H30N4O3S2. The summed E-state index contributed by atoms with van der Waals surface area (Å²) in [6.45, 7) is 0.268. The topological polar surface area (TPSA) is 82.7 Å². The molecule has 1 aliphatic carbocycles. The fourth-order valence-corrected chi connectivity index (χ4v) is 4.49. The Morgan fingerprint density at radius 3 is 2.55 bits per heavy atom. The summed E-state index contributed by atoms with van der Waals surface area (Å²) >= 11 is 6.95. The number of thiocarbonyl (C=S) groups is 1. The number of methoxy groups -OCH3 is 1. The Hall–Kier alpha value is -1.84. The molecule has 0 saturated heterocycles. The fourth-order valence-electron chi connectivity index (χ4n) is 3.17. The van der Waals surface area contributed by atoms with E-state index in [9.17, 15) is 9.59 Å². The molecule has 0 heterocycles. The Morgan fingerprint density at radius 2 is 1.90 bits per heavy atom. The molecule has 0 unspecified atom stereocenters. The van der Waals surface area contributed by atoms with Crippen molar-refractivity contribution in [3.8, 4) is 0 Å². The van der Waals surface area contributed by atoms with Crippen LogP contribution in [0.5, 0.6) is 0 Å². The standard InChI is InChI=1S/C20H30N4O3S2/c1-24(2)12-18(25)21-17-11-15(29-13-14-7-5-4-6-8-14)9-10-16(17)22-19(28)23-20(26)27-3/h9-11,14H,4-8,12-13H2,1-3H3,(H,21,25)(H2,22,23,26,28). The Labute approximate surface area is 182 Å². The van der Waals surface area contributed by atoms with Crippen molar-refractivity contribution in [1.82, 2.24) is 10.2 Å². The molecule has 1 aromatic rings. The summed E-state index contributed by atoms with van der Waals surface area (Å²) in [6, 6.07) is 5.81. The van der Waals surface area contributed by atoms with E-state index in [0.29, 0.717) is 11.4 Å². The molecule has 29 heavy (non-hydrogen) atoms. The van der Waals surface area contributed by atoms with Gasteiger partial charge in [0.1, 0.15) is 0 Å². The number of alkyl carbamates (subject to hydrolysis) is 1. The molecule has 160 valence electrons. The molecular weight excluding hydrogens is 408 g/mol. The van der Waals surface area contributed by atoms with E-state index in [4.69, 9.17) is 12.2 Å². The van der Waals surface area contributed by atoms with Gasteiger partial charge in [-0.3, -0.25) is 10.1 Å². The van der Waals surface area contributed by atoms with Crippen LogP contribution in [0.4, 0.5) is 16.2 Å². The van der Waals surface area contributed by atoms with Crippen LogP contribution in [0.3, 0.4) is 0 Å². The second kappa shape index (κ2) is 12.0. The molecule has 0 radical (unpaired) electrons. The Balaban J connectivity index is 2.09. The second-order valence-electron chi connectivity index (χ2n) is 7.38. The second-order valence-corrected chi connectivity index (χ2v) is 8.88. The molecule has 2 amide bonds. The molecule has 7 nitrogen and oxygen atoms in total. The van der Waals surface area contributed by atoms with Gasteiger partial charge < -0.3 is 20.3 Å². The zero-order chi connectivity index (χ0) is 21.2. The van der Waals surface area contributed by atoms with Gasteiger partial charge >= 0.3 is 6.09 Å². The summed E-state index contributed by atoms with van der Waals surface area (Å²) in [6.07, 6.45) is 5.94. The lowest BCUT2D eigenvalue weighted by Gasteiger charge is -2.21. The number of carbonyl (C=O) groups excluding carboxylic acids is 2. The van der Waals surface area contributed by atoms with E-state index in [0.717, 1.165) is 16.6 Å². The van der Waals surface area contributed by atoms with Crippen molar-refractivity contribution in [2.45, 2.75) is 37.0 Å². The first kappa shape index (κ1) is 23.4. The quantitative estimate of drug-likeness (QED) is 0.440. The van der Waals surface area contributed by atoms with Gasteiger partial charge in [0.2, 0.25) is 5.91 Å². The molecule has 1 saturated carbocycles. The molecule has 1 aromatic carbocycles. The van der Waals surface area contributed by atoms with Crippen LogP contribution >= 0.6 is 24.0 Å². The maximum atomic E-state index is 12.3. The van der Waals surface area contributed by atoms with Crippen molar-refractivity contribution >= 4 is 52.5 Å². The van der Waals surface area contributed by atoms with Crippen molar-refractivity contribution < 1.29 is 14.3 Å². The summed E-state index contributed by atoms with van der Waals surface area (Å²) < 4.78 is 4.55. The summed E-state index contributed by atoms with van der Waals surface area (Å²) in [5.74, 6) is 1.72. The summed E-state index contributed by atoms with van der Waals surface area (Å²) in [4.78, 5) is 26.5. The van der Waals surface area contributed by atoms with Gasteiger partial charge in [0, 0.05) is 10.6 Å². The SMILES string of the molecule is COC(=O)NC(=S)Nc1ccc(SCC2CCCCC2)cc1NC(=O)CN(C)C. The lowest BCUT2D eigenvalue weighted by molar-refractivity contribution is -0.116. The zero-order valence-corrected chi connectivity index (χ0v) is 18.9. The van der Waals surface area contributed by atoms with Crippen molar-refractivity contribution in [3.05, 3.63) is 18.2 Å². The fraction of sp³-hybridized carbons (Fsp3) is 0.550. The van der Waals surface area contributed by atoms with E-state index in [-0.39, 0.29) is 17.6 Å². The van der Waals surface area contributed by atoms with Crippen LogP contribution in [0.2, 0.25) is 0 Å². The first-order valence-corrected chi connectivity index (χ1v) is 11.1. The highest BCUT2D eigenvalue weighted by molar-refractivity contribution is 7.99. The van der Waals surface area contributed by atoms with Crippen molar-refractivity contribution in [2.24, 2.45) is 5.92 Å². The molecule has 1 fully saturated rings. The Bertz CT molecular complexity index is 722. The molecule has 0 bridgehead atoms. The largest absolute Gasteiger partial charge is 0.453 e. The number of amides is 2. The highest BCUT2D eigenvalue weighted by atomic mass is 32.2. The van der Waals surface area contributed by atoms with E-state index >= 15 is 0 Å². The number of likely N-dealkylation sites (N-methyl/N-ethyl adjacent to an activating group) is 1. The summed E-state index contributed by atoms with van der Waals surface area (Å²) in [5, 5.41) is 8.39. The number of anilines is 2. The minimum absolute atomic E-state index is 0.0996. The number of nitrogens with zero attached hydrogens (tertiary/aromatic N) is 1. The predicted molar refractivity (Wildman–Crippen MR) is 123 cm³/mol. The van der Waals surface area contributed by atoms with Crippen LogP contribution in [-0.2, 0) is 9.53 Å². The van der Waals surface area contributed by atoms with Crippen LogP contribution < -0.4 is 16.0 Å². The van der Waals surface area contributed by atoms with Crippen LogP contribution in [0.15, 0.2) is 23.1 Å². The van der Waals surface area contributed by atoms with E-state index in [1.54, 1.807) is 4.90 Å². The monoisotopic (exact) mass is 438 g/mol. The van der Waals surface area contributed by atoms with Crippen LogP contribution in [0.25, 0.3) is 0 Å². The molecule has 1 aliphatic rings. The molecule has 3 N–H and O–H groups in total. The van der Waals surface area contributed by atoms with Gasteiger partial charge in [0.25, 0.3) is 0 Å². The van der Waals surface area contributed by atoms with Gasteiger partial charge in [-0.05, 0) is 63.3 Å². The number of thioether (sulfide) groups is 1. The van der Waals surface area contributed by atoms with Crippen molar-refractivity contribution in [2.75, 3.05) is 44.1 Å². The Kier molecular flexibility index (Phi) is 9.69. The number of benzene rings is 1. The third-order valence-electron chi connectivity index (χ3n) is 4.58. The highest BCUT2D eigenvalue weighted by Gasteiger charge is 2.15. The average molecular weight is 439 g/mol. The van der Waals surface area contributed by atoms with Gasteiger partial charge in [-0.25, -0.2) is 4.79 Å². The lowest BCUT2D eigenvalue weighted by atomic mass is 9.91. The molecule has 0 aliphatic heterocycles. The smallest absolute Gasteiger partial charge is 0.413 e. The van der Waals surface area contributed by atoms with Gasteiger partial charge in [0.05, 0.1) is 25.0 Å². The van der Waals surface area contributed by atoms with Gasteiger partial charge in [-0.2, -0.15) is 0 Å². The predicted octanol–water partition coefficient (Wildman–Crippen LogP) is 3.91. The first-order chi connectivity index (χ1) is 13.9. The number of hydrogen-bond acceptors (Lipinski definition) is 6. The third-order valence-corrected chi connectivity index (χ3v) is 6.01. The number of carbonyl (C=O) groups is 2. The van der Waals surface area contributed by atoms with Gasteiger partial charge in [-0.15, -0.1) is 11.8 Å².